The Labute approximate surface area is 148 Å². The normalized spacial score (nSPS) is 15.0. The van der Waals surface area contributed by atoms with Crippen LogP contribution >= 0.6 is 0 Å². The highest BCUT2D eigenvalue weighted by molar-refractivity contribution is 5.95. The predicted molar refractivity (Wildman–Crippen MR) is 95.0 cm³/mol. The first-order chi connectivity index (χ1) is 12.2. The molecule has 1 aromatic heterocycles. The summed E-state index contributed by atoms with van der Waals surface area (Å²) in [6.45, 7) is 4.06. The lowest BCUT2D eigenvalue weighted by Crippen LogP contribution is -2.48. The van der Waals surface area contributed by atoms with Crippen LogP contribution in [0, 0.1) is 0 Å². The van der Waals surface area contributed by atoms with Gasteiger partial charge < -0.3 is 14.4 Å². The van der Waals surface area contributed by atoms with Crippen molar-refractivity contribution >= 4 is 5.91 Å². The zero-order valence-corrected chi connectivity index (χ0v) is 14.6. The Balaban J connectivity index is 1.60. The molecule has 2 aromatic rings. The standard InChI is InChI=1S/C19H23N3O3/c1-24-17-4-3-16(13-18(17)25-2)19(23)22-11-9-21(10-12-22)14-15-5-7-20-8-6-15/h3-8,13H,9-12,14H2,1-2H3. The van der Waals surface area contributed by atoms with E-state index in [0.29, 0.717) is 17.1 Å². The number of aromatic nitrogens is 1. The molecular formula is C19H23N3O3. The van der Waals surface area contributed by atoms with E-state index >= 15 is 0 Å². The number of methoxy groups -OCH3 is 2. The summed E-state index contributed by atoms with van der Waals surface area (Å²) in [6.07, 6.45) is 3.62. The first-order valence-electron chi connectivity index (χ1n) is 8.34. The number of hydrogen-bond acceptors (Lipinski definition) is 5. The molecule has 0 spiro atoms. The van der Waals surface area contributed by atoms with Crippen molar-refractivity contribution in [3.05, 3.63) is 53.9 Å². The first kappa shape index (κ1) is 17.2. The van der Waals surface area contributed by atoms with Gasteiger partial charge in [-0.3, -0.25) is 14.7 Å². The zero-order valence-electron chi connectivity index (χ0n) is 14.6. The molecule has 0 atom stereocenters. The van der Waals surface area contributed by atoms with Gasteiger partial charge in [0.05, 0.1) is 14.2 Å². The second kappa shape index (κ2) is 7.98. The molecule has 0 aliphatic carbocycles. The molecule has 1 aliphatic heterocycles. The number of benzene rings is 1. The average Bonchev–Trinajstić information content (AvgIpc) is 2.68. The Morgan fingerprint density at radius 2 is 1.68 bits per heavy atom. The maximum absolute atomic E-state index is 12.7. The average molecular weight is 341 g/mol. The Morgan fingerprint density at radius 3 is 2.32 bits per heavy atom. The van der Waals surface area contributed by atoms with Crippen LogP contribution in [0.3, 0.4) is 0 Å². The molecule has 25 heavy (non-hydrogen) atoms. The summed E-state index contributed by atoms with van der Waals surface area (Å²) in [4.78, 5) is 21.0. The van der Waals surface area contributed by atoms with E-state index in [1.165, 1.54) is 5.56 Å². The first-order valence-corrected chi connectivity index (χ1v) is 8.34. The van der Waals surface area contributed by atoms with Crippen LogP contribution in [0.5, 0.6) is 11.5 Å². The molecule has 6 heteroatoms. The lowest BCUT2D eigenvalue weighted by Gasteiger charge is -2.34. The second-order valence-corrected chi connectivity index (χ2v) is 5.99. The van der Waals surface area contributed by atoms with Crippen molar-refractivity contribution in [3.63, 3.8) is 0 Å². The van der Waals surface area contributed by atoms with Gasteiger partial charge in [0.2, 0.25) is 0 Å². The maximum atomic E-state index is 12.7. The van der Waals surface area contributed by atoms with Crippen LogP contribution in [0.4, 0.5) is 0 Å². The number of hydrogen-bond donors (Lipinski definition) is 0. The van der Waals surface area contributed by atoms with Gasteiger partial charge in [0.1, 0.15) is 0 Å². The highest BCUT2D eigenvalue weighted by atomic mass is 16.5. The molecule has 1 saturated heterocycles. The summed E-state index contributed by atoms with van der Waals surface area (Å²) in [5, 5.41) is 0. The van der Waals surface area contributed by atoms with Gasteiger partial charge in [0.25, 0.3) is 5.91 Å². The lowest BCUT2D eigenvalue weighted by atomic mass is 10.1. The molecule has 132 valence electrons. The third-order valence-corrected chi connectivity index (χ3v) is 4.45. The van der Waals surface area contributed by atoms with Crippen molar-refractivity contribution in [1.29, 1.82) is 0 Å². The SMILES string of the molecule is COc1ccc(C(=O)N2CCN(Cc3ccncc3)CC2)cc1OC. The van der Waals surface area contributed by atoms with Gasteiger partial charge in [0.15, 0.2) is 11.5 Å². The number of rotatable bonds is 5. The van der Waals surface area contributed by atoms with E-state index in [0.717, 1.165) is 32.7 Å². The minimum absolute atomic E-state index is 0.0320. The van der Waals surface area contributed by atoms with Crippen molar-refractivity contribution in [2.24, 2.45) is 0 Å². The van der Waals surface area contributed by atoms with Gasteiger partial charge in [-0.2, -0.15) is 0 Å². The monoisotopic (exact) mass is 341 g/mol. The number of ether oxygens (including phenoxy) is 2. The highest BCUT2D eigenvalue weighted by Gasteiger charge is 2.23. The lowest BCUT2D eigenvalue weighted by molar-refractivity contribution is 0.0628. The summed E-state index contributed by atoms with van der Waals surface area (Å²) in [5.41, 5.74) is 1.87. The fraction of sp³-hybridized carbons (Fsp3) is 0.368. The van der Waals surface area contributed by atoms with E-state index in [1.807, 2.05) is 29.4 Å². The van der Waals surface area contributed by atoms with Gasteiger partial charge in [-0.05, 0) is 35.9 Å². The van der Waals surface area contributed by atoms with Crippen molar-refractivity contribution in [1.82, 2.24) is 14.8 Å². The van der Waals surface area contributed by atoms with E-state index < -0.39 is 0 Å². The maximum Gasteiger partial charge on any atom is 0.254 e. The third kappa shape index (κ3) is 4.09. The number of amides is 1. The van der Waals surface area contributed by atoms with Gasteiger partial charge in [-0.25, -0.2) is 0 Å². The number of piperazine rings is 1. The van der Waals surface area contributed by atoms with Crippen LogP contribution in [0.2, 0.25) is 0 Å². The van der Waals surface area contributed by atoms with Gasteiger partial charge in [0, 0.05) is 50.7 Å². The molecule has 1 aromatic carbocycles. The van der Waals surface area contributed by atoms with Crippen LogP contribution < -0.4 is 9.47 Å². The third-order valence-electron chi connectivity index (χ3n) is 4.45. The molecule has 0 unspecified atom stereocenters. The Kier molecular flexibility index (Phi) is 5.50. The predicted octanol–water partition coefficient (Wildman–Crippen LogP) is 2.06. The summed E-state index contributed by atoms with van der Waals surface area (Å²) in [5.74, 6) is 1.23. The van der Waals surface area contributed by atoms with Gasteiger partial charge in [-0.1, -0.05) is 0 Å². The van der Waals surface area contributed by atoms with Crippen LogP contribution in [0.1, 0.15) is 15.9 Å². The molecule has 2 heterocycles. The molecule has 1 aliphatic rings. The van der Waals surface area contributed by atoms with Crippen molar-refractivity contribution < 1.29 is 14.3 Å². The number of nitrogens with zero attached hydrogens (tertiary/aromatic N) is 3. The molecule has 3 rings (SSSR count). The summed E-state index contributed by atoms with van der Waals surface area (Å²) in [6, 6.07) is 9.35. The van der Waals surface area contributed by atoms with E-state index in [2.05, 4.69) is 9.88 Å². The molecule has 0 saturated carbocycles. The van der Waals surface area contributed by atoms with Crippen LogP contribution in [0.15, 0.2) is 42.7 Å². The molecule has 1 fully saturated rings. The largest absolute Gasteiger partial charge is 0.493 e. The smallest absolute Gasteiger partial charge is 0.254 e. The van der Waals surface area contributed by atoms with Crippen LogP contribution in [-0.4, -0.2) is 61.1 Å². The fourth-order valence-corrected chi connectivity index (χ4v) is 3.01. The fourth-order valence-electron chi connectivity index (χ4n) is 3.01. The molecule has 0 bridgehead atoms. The molecule has 0 N–H and O–H groups in total. The van der Waals surface area contributed by atoms with Crippen LogP contribution in [-0.2, 0) is 6.54 Å². The molecule has 1 amide bonds. The van der Waals surface area contributed by atoms with Gasteiger partial charge >= 0.3 is 0 Å². The Bertz CT molecular complexity index is 713. The van der Waals surface area contributed by atoms with Crippen molar-refractivity contribution in [2.45, 2.75) is 6.54 Å². The Morgan fingerprint density at radius 1 is 1.00 bits per heavy atom. The van der Waals surface area contributed by atoms with E-state index in [1.54, 1.807) is 32.4 Å². The topological polar surface area (TPSA) is 54.9 Å². The minimum atomic E-state index is 0.0320. The van der Waals surface area contributed by atoms with E-state index in [9.17, 15) is 4.79 Å². The minimum Gasteiger partial charge on any atom is -0.493 e. The van der Waals surface area contributed by atoms with Crippen LogP contribution in [0.25, 0.3) is 0 Å². The quantitative estimate of drug-likeness (QED) is 0.833. The number of carbonyl (C=O) groups excluding carboxylic acids is 1. The van der Waals surface area contributed by atoms with Crippen molar-refractivity contribution in [3.8, 4) is 11.5 Å². The van der Waals surface area contributed by atoms with E-state index in [4.69, 9.17) is 9.47 Å². The molecule has 0 radical (unpaired) electrons. The van der Waals surface area contributed by atoms with Crippen molar-refractivity contribution in [2.75, 3.05) is 40.4 Å². The summed E-state index contributed by atoms with van der Waals surface area (Å²) in [7, 11) is 3.16. The summed E-state index contributed by atoms with van der Waals surface area (Å²) < 4.78 is 10.5. The number of pyridine rings is 1. The number of carbonyl (C=O) groups is 1. The highest BCUT2D eigenvalue weighted by Crippen LogP contribution is 2.28. The van der Waals surface area contributed by atoms with E-state index in [-0.39, 0.29) is 5.91 Å². The summed E-state index contributed by atoms with van der Waals surface area (Å²) >= 11 is 0. The zero-order chi connectivity index (χ0) is 17.6. The second-order valence-electron chi connectivity index (χ2n) is 5.99. The van der Waals surface area contributed by atoms with Gasteiger partial charge in [-0.15, -0.1) is 0 Å². The Hall–Kier alpha value is -2.60. The molecular weight excluding hydrogens is 318 g/mol. The molecule has 6 nitrogen and oxygen atoms in total.